The predicted molar refractivity (Wildman–Crippen MR) is 97.5 cm³/mol. The SMILES string of the molecule is CCCCCC(=O)N1CCC(c2c[nH]c3ccc(OC)cc23)CC1. The highest BCUT2D eigenvalue weighted by atomic mass is 16.5. The summed E-state index contributed by atoms with van der Waals surface area (Å²) in [6.07, 6.45) is 8.28. The van der Waals surface area contributed by atoms with E-state index in [1.807, 2.05) is 6.07 Å². The van der Waals surface area contributed by atoms with Crippen LogP contribution >= 0.6 is 0 Å². The van der Waals surface area contributed by atoms with Gasteiger partial charge in [0, 0.05) is 36.6 Å². The summed E-state index contributed by atoms with van der Waals surface area (Å²) in [5, 5.41) is 1.25. The summed E-state index contributed by atoms with van der Waals surface area (Å²) in [4.78, 5) is 17.7. The van der Waals surface area contributed by atoms with Gasteiger partial charge in [0.1, 0.15) is 5.75 Å². The van der Waals surface area contributed by atoms with Crippen LogP contribution in [0.15, 0.2) is 24.4 Å². The molecule has 0 saturated carbocycles. The van der Waals surface area contributed by atoms with E-state index in [4.69, 9.17) is 4.74 Å². The highest BCUT2D eigenvalue weighted by molar-refractivity contribution is 5.85. The van der Waals surface area contributed by atoms with Crippen molar-refractivity contribution in [3.8, 4) is 5.75 Å². The number of unbranched alkanes of at least 4 members (excludes halogenated alkanes) is 2. The zero-order valence-electron chi connectivity index (χ0n) is 14.8. The summed E-state index contributed by atoms with van der Waals surface area (Å²) >= 11 is 0. The van der Waals surface area contributed by atoms with Crippen LogP contribution in [0.2, 0.25) is 0 Å². The molecule has 4 nitrogen and oxygen atoms in total. The number of nitrogens with zero attached hydrogens (tertiary/aromatic N) is 1. The van der Waals surface area contributed by atoms with E-state index in [9.17, 15) is 4.79 Å². The lowest BCUT2D eigenvalue weighted by Gasteiger charge is -2.32. The number of fused-ring (bicyclic) bond motifs is 1. The van der Waals surface area contributed by atoms with Crippen LogP contribution in [0.25, 0.3) is 10.9 Å². The molecule has 3 rings (SSSR count). The molecule has 0 unspecified atom stereocenters. The molecule has 1 fully saturated rings. The van der Waals surface area contributed by atoms with Crippen LogP contribution in [0, 0.1) is 0 Å². The van der Waals surface area contributed by atoms with Gasteiger partial charge in [-0.25, -0.2) is 0 Å². The monoisotopic (exact) mass is 328 g/mol. The minimum atomic E-state index is 0.336. The Morgan fingerprint density at radius 1 is 1.29 bits per heavy atom. The Labute approximate surface area is 144 Å². The topological polar surface area (TPSA) is 45.3 Å². The van der Waals surface area contributed by atoms with Gasteiger partial charge < -0.3 is 14.6 Å². The van der Waals surface area contributed by atoms with Crippen molar-refractivity contribution in [2.75, 3.05) is 20.2 Å². The molecule has 1 aliphatic rings. The number of likely N-dealkylation sites (tertiary alicyclic amines) is 1. The predicted octanol–water partition coefficient (Wildman–Crippen LogP) is 4.46. The molecule has 1 aromatic heterocycles. The number of aromatic nitrogens is 1. The minimum Gasteiger partial charge on any atom is -0.497 e. The molecule has 2 aromatic rings. The third kappa shape index (κ3) is 3.58. The first-order chi connectivity index (χ1) is 11.7. The second-order valence-corrected chi connectivity index (χ2v) is 6.77. The molecular formula is C20H28N2O2. The highest BCUT2D eigenvalue weighted by Gasteiger charge is 2.25. The van der Waals surface area contributed by atoms with Crippen molar-refractivity contribution in [2.24, 2.45) is 0 Å². The number of aromatic amines is 1. The lowest BCUT2D eigenvalue weighted by atomic mass is 9.89. The molecule has 0 radical (unpaired) electrons. The molecule has 24 heavy (non-hydrogen) atoms. The van der Waals surface area contributed by atoms with E-state index < -0.39 is 0 Å². The van der Waals surface area contributed by atoms with Gasteiger partial charge in [-0.15, -0.1) is 0 Å². The Bertz CT molecular complexity index is 684. The van der Waals surface area contributed by atoms with Crippen molar-refractivity contribution in [3.63, 3.8) is 0 Å². The average molecular weight is 328 g/mol. The summed E-state index contributed by atoms with van der Waals surface area (Å²) in [7, 11) is 1.70. The molecule has 0 spiro atoms. The molecule has 130 valence electrons. The van der Waals surface area contributed by atoms with Gasteiger partial charge in [-0.2, -0.15) is 0 Å². The lowest BCUT2D eigenvalue weighted by molar-refractivity contribution is -0.132. The molecule has 1 amide bonds. The number of hydrogen-bond donors (Lipinski definition) is 1. The Balaban J connectivity index is 1.63. The normalized spacial score (nSPS) is 15.8. The molecule has 4 heteroatoms. The van der Waals surface area contributed by atoms with Crippen molar-refractivity contribution in [1.82, 2.24) is 9.88 Å². The van der Waals surface area contributed by atoms with Crippen LogP contribution in [0.4, 0.5) is 0 Å². The van der Waals surface area contributed by atoms with Crippen LogP contribution in [-0.2, 0) is 4.79 Å². The van der Waals surface area contributed by atoms with Gasteiger partial charge in [-0.05, 0) is 48.9 Å². The van der Waals surface area contributed by atoms with Crippen molar-refractivity contribution >= 4 is 16.8 Å². The fourth-order valence-electron chi connectivity index (χ4n) is 3.71. The standard InChI is InChI=1S/C20H28N2O2/c1-3-4-5-6-20(23)22-11-9-15(10-12-22)18-14-21-19-8-7-16(24-2)13-17(18)19/h7-8,13-15,21H,3-6,9-12H2,1-2H3. The van der Waals surface area contributed by atoms with Gasteiger partial charge >= 0.3 is 0 Å². The number of piperidine rings is 1. The van der Waals surface area contributed by atoms with E-state index in [1.165, 1.54) is 17.4 Å². The van der Waals surface area contributed by atoms with E-state index in [-0.39, 0.29) is 0 Å². The number of rotatable bonds is 6. The largest absolute Gasteiger partial charge is 0.497 e. The first-order valence-electron chi connectivity index (χ1n) is 9.15. The maximum absolute atomic E-state index is 12.3. The van der Waals surface area contributed by atoms with Gasteiger partial charge in [-0.1, -0.05) is 19.8 Å². The number of carbonyl (C=O) groups excluding carboxylic acids is 1. The first kappa shape index (κ1) is 16.9. The third-order valence-corrected chi connectivity index (χ3v) is 5.20. The Morgan fingerprint density at radius 2 is 2.08 bits per heavy atom. The number of carbonyl (C=O) groups is 1. The molecule has 2 heterocycles. The fourth-order valence-corrected chi connectivity index (χ4v) is 3.71. The van der Waals surface area contributed by atoms with Gasteiger partial charge in [-0.3, -0.25) is 4.79 Å². The number of H-pyrrole nitrogens is 1. The number of amides is 1. The van der Waals surface area contributed by atoms with Crippen LogP contribution in [-0.4, -0.2) is 36.0 Å². The average Bonchev–Trinajstić information content (AvgIpc) is 3.05. The quantitative estimate of drug-likeness (QED) is 0.796. The number of methoxy groups -OCH3 is 1. The summed E-state index contributed by atoms with van der Waals surface area (Å²) in [6.45, 7) is 3.94. The molecule has 0 atom stereocenters. The van der Waals surface area contributed by atoms with Gasteiger partial charge in [0.2, 0.25) is 5.91 Å². The molecule has 0 aliphatic carbocycles. The van der Waals surface area contributed by atoms with E-state index >= 15 is 0 Å². The Hall–Kier alpha value is -1.97. The number of ether oxygens (including phenoxy) is 1. The molecule has 1 aromatic carbocycles. The van der Waals surface area contributed by atoms with Crippen molar-refractivity contribution in [3.05, 3.63) is 30.0 Å². The summed E-state index contributed by atoms with van der Waals surface area (Å²) in [5.41, 5.74) is 2.52. The summed E-state index contributed by atoms with van der Waals surface area (Å²) in [6, 6.07) is 6.17. The van der Waals surface area contributed by atoms with Crippen molar-refractivity contribution in [2.45, 2.75) is 51.4 Å². The van der Waals surface area contributed by atoms with E-state index in [0.29, 0.717) is 18.2 Å². The Kier molecular flexibility index (Phi) is 5.44. The fraction of sp³-hybridized carbons (Fsp3) is 0.550. The summed E-state index contributed by atoms with van der Waals surface area (Å²) in [5.74, 6) is 1.75. The highest BCUT2D eigenvalue weighted by Crippen LogP contribution is 2.34. The minimum absolute atomic E-state index is 0.336. The lowest BCUT2D eigenvalue weighted by Crippen LogP contribution is -2.37. The molecule has 1 saturated heterocycles. The van der Waals surface area contributed by atoms with Crippen molar-refractivity contribution in [1.29, 1.82) is 0 Å². The smallest absolute Gasteiger partial charge is 0.222 e. The second-order valence-electron chi connectivity index (χ2n) is 6.77. The van der Waals surface area contributed by atoms with Crippen LogP contribution in [0.5, 0.6) is 5.75 Å². The first-order valence-corrected chi connectivity index (χ1v) is 9.15. The summed E-state index contributed by atoms with van der Waals surface area (Å²) < 4.78 is 5.36. The van der Waals surface area contributed by atoms with Gasteiger partial charge in [0.25, 0.3) is 0 Å². The Morgan fingerprint density at radius 3 is 2.79 bits per heavy atom. The van der Waals surface area contributed by atoms with Crippen LogP contribution < -0.4 is 4.74 Å². The van der Waals surface area contributed by atoms with E-state index in [2.05, 4.69) is 35.1 Å². The molecule has 1 aliphatic heterocycles. The van der Waals surface area contributed by atoms with Crippen LogP contribution in [0.3, 0.4) is 0 Å². The number of hydrogen-bond acceptors (Lipinski definition) is 2. The number of nitrogens with one attached hydrogen (secondary N) is 1. The zero-order chi connectivity index (χ0) is 16.9. The van der Waals surface area contributed by atoms with Crippen molar-refractivity contribution < 1.29 is 9.53 Å². The third-order valence-electron chi connectivity index (χ3n) is 5.20. The molecular weight excluding hydrogens is 300 g/mol. The number of benzene rings is 1. The van der Waals surface area contributed by atoms with Gasteiger partial charge in [0.15, 0.2) is 0 Å². The maximum Gasteiger partial charge on any atom is 0.222 e. The zero-order valence-corrected chi connectivity index (χ0v) is 14.8. The molecule has 0 bridgehead atoms. The molecule has 1 N–H and O–H groups in total. The van der Waals surface area contributed by atoms with Gasteiger partial charge in [0.05, 0.1) is 7.11 Å². The van der Waals surface area contributed by atoms with E-state index in [1.54, 1.807) is 7.11 Å². The van der Waals surface area contributed by atoms with E-state index in [0.717, 1.165) is 50.0 Å². The second kappa shape index (κ2) is 7.73. The van der Waals surface area contributed by atoms with Crippen LogP contribution in [0.1, 0.15) is 56.9 Å². The maximum atomic E-state index is 12.3.